The highest BCUT2D eigenvalue weighted by molar-refractivity contribution is 5.93. The van der Waals surface area contributed by atoms with Gasteiger partial charge >= 0.3 is 5.97 Å². The fraction of sp³-hybridized carbons (Fsp3) is 0.684. The van der Waals surface area contributed by atoms with Crippen molar-refractivity contribution >= 4 is 35.5 Å². The van der Waals surface area contributed by atoms with Crippen molar-refractivity contribution in [3.63, 3.8) is 0 Å². The van der Waals surface area contributed by atoms with E-state index in [1.165, 1.54) is 0 Å². The molecule has 0 unspecified atom stereocenters. The minimum Gasteiger partial charge on any atom is -0.480 e. The van der Waals surface area contributed by atoms with Crippen LogP contribution in [-0.2, 0) is 35.2 Å². The lowest BCUT2D eigenvalue weighted by atomic mass is 9.95. The van der Waals surface area contributed by atoms with Gasteiger partial charge in [0.2, 0.25) is 29.5 Å². The lowest BCUT2D eigenvalue weighted by Gasteiger charge is -2.30. The summed E-state index contributed by atoms with van der Waals surface area (Å²) in [7, 11) is 0. The normalized spacial score (nSPS) is 15.7. The maximum absolute atomic E-state index is 13.8. The number of hydrogen-bond donors (Lipinski definition) is 7. The molecule has 0 saturated carbocycles. The molecule has 1 aromatic rings. The van der Waals surface area contributed by atoms with Crippen LogP contribution in [0.25, 0.3) is 0 Å². The lowest BCUT2D eigenvalue weighted by molar-refractivity contribution is -0.143. The van der Waals surface area contributed by atoms with E-state index in [1.807, 2.05) is 65.0 Å². The van der Waals surface area contributed by atoms with Crippen LogP contribution in [0.5, 0.6) is 0 Å². The maximum atomic E-state index is 13.8. The van der Waals surface area contributed by atoms with Crippen molar-refractivity contribution in [1.82, 2.24) is 26.6 Å². The molecule has 1 aromatic carbocycles. The zero-order chi connectivity index (χ0) is 39.0. The van der Waals surface area contributed by atoms with Gasteiger partial charge in [-0.25, -0.2) is 4.79 Å². The molecule has 0 spiro atoms. The fourth-order valence-electron chi connectivity index (χ4n) is 5.56. The van der Waals surface area contributed by atoms with Crippen LogP contribution in [0.3, 0.4) is 0 Å². The molecule has 0 aromatic heterocycles. The molecule has 0 heterocycles. The van der Waals surface area contributed by atoms with Crippen LogP contribution in [0, 0.1) is 29.6 Å². The maximum Gasteiger partial charge on any atom is 0.326 e. The predicted molar refractivity (Wildman–Crippen MR) is 196 cm³/mol. The molecule has 13 heteroatoms. The first kappa shape index (κ1) is 45.0. The summed E-state index contributed by atoms with van der Waals surface area (Å²) in [6.07, 6.45) is -0.575. The smallest absolute Gasteiger partial charge is 0.326 e. The number of carboxylic acids is 1. The number of hydrogen-bond acceptors (Lipinski definition) is 7. The zero-order valence-corrected chi connectivity index (χ0v) is 32.1. The molecule has 7 N–H and O–H groups in total. The first-order valence-electron chi connectivity index (χ1n) is 18.2. The summed E-state index contributed by atoms with van der Waals surface area (Å²) < 4.78 is 0. The summed E-state index contributed by atoms with van der Waals surface area (Å²) >= 11 is 0. The van der Waals surface area contributed by atoms with Gasteiger partial charge in [0.1, 0.15) is 24.2 Å². The first-order valence-corrected chi connectivity index (χ1v) is 18.2. The van der Waals surface area contributed by atoms with Crippen LogP contribution >= 0.6 is 0 Å². The third kappa shape index (κ3) is 16.3. The number of benzene rings is 1. The molecule has 0 aliphatic heterocycles. The molecule has 0 aliphatic carbocycles. The molecule has 51 heavy (non-hydrogen) atoms. The number of carbonyl (C=O) groups is 6. The Hall–Kier alpha value is -4.00. The molecule has 5 amide bonds. The number of nitrogens with one attached hydrogen (secondary N) is 5. The van der Waals surface area contributed by atoms with Crippen molar-refractivity contribution in [1.29, 1.82) is 0 Å². The van der Waals surface area contributed by atoms with Crippen molar-refractivity contribution in [2.75, 3.05) is 0 Å². The van der Waals surface area contributed by atoms with Crippen LogP contribution in [0.4, 0.5) is 0 Å². The standard InChI is InChI=1S/C38H63N5O8/c1-11-25(10)34(37(49)43-33(24(8)9)38(50)51)41-31(46)20-29(44)27(19-26-15-13-12-14-16-26)40-36(48)32(23(6)7)42-35(47)28(17-21(2)3)39-30(45)18-22(4)5/h12-16,21-25,27-29,32-34,44H,11,17-20H2,1-10H3,(H,39,45)(H,40,48)(H,41,46)(H,42,47)(H,43,49)(H,50,51)/t25-,27-,28-,29-,32+,33-,34-/m0/s1. The van der Waals surface area contributed by atoms with Gasteiger partial charge < -0.3 is 36.8 Å². The molecule has 0 bridgehead atoms. The van der Waals surface area contributed by atoms with Gasteiger partial charge in [-0.2, -0.15) is 0 Å². The second-order valence-corrected chi connectivity index (χ2v) is 15.2. The van der Waals surface area contributed by atoms with E-state index in [-0.39, 0.29) is 42.4 Å². The SMILES string of the molecule is CC[C@H](C)[C@H](NC(=O)C[C@H](O)[C@H](Cc1ccccc1)NC(=O)[C@H](NC(=O)[C@H](CC(C)C)NC(=O)CC(C)C)C(C)C)C(=O)N[C@H](C(=O)O)C(C)C. The summed E-state index contributed by atoms with van der Waals surface area (Å²) in [4.78, 5) is 78.1. The number of carbonyl (C=O) groups excluding carboxylic acids is 5. The molecular weight excluding hydrogens is 654 g/mol. The lowest BCUT2D eigenvalue weighted by Crippen LogP contribution is -2.59. The number of aliphatic hydroxyl groups is 1. The molecule has 288 valence electrons. The van der Waals surface area contributed by atoms with Gasteiger partial charge in [0.15, 0.2) is 0 Å². The average Bonchev–Trinajstić information content (AvgIpc) is 3.02. The number of aliphatic carboxylic acids is 1. The molecule has 13 nitrogen and oxygen atoms in total. The van der Waals surface area contributed by atoms with Gasteiger partial charge in [0.25, 0.3) is 0 Å². The highest BCUT2D eigenvalue weighted by atomic mass is 16.4. The molecule has 0 radical (unpaired) electrons. The van der Waals surface area contributed by atoms with Gasteiger partial charge in [-0.15, -0.1) is 0 Å². The van der Waals surface area contributed by atoms with E-state index in [2.05, 4.69) is 26.6 Å². The topological polar surface area (TPSA) is 203 Å². The Kier molecular flexibility index (Phi) is 19.5. The third-order valence-corrected chi connectivity index (χ3v) is 8.73. The van der Waals surface area contributed by atoms with E-state index in [9.17, 15) is 39.0 Å². The second-order valence-electron chi connectivity index (χ2n) is 15.2. The Balaban J connectivity index is 3.24. The van der Waals surface area contributed by atoms with Crippen molar-refractivity contribution in [2.45, 2.75) is 138 Å². The summed E-state index contributed by atoms with van der Waals surface area (Å²) in [5.74, 6) is -4.74. The highest BCUT2D eigenvalue weighted by Gasteiger charge is 2.34. The first-order chi connectivity index (χ1) is 23.8. The van der Waals surface area contributed by atoms with Crippen molar-refractivity contribution in [3.8, 4) is 0 Å². The fourth-order valence-corrected chi connectivity index (χ4v) is 5.56. The van der Waals surface area contributed by atoms with E-state index in [0.29, 0.717) is 12.8 Å². The molecule has 0 aliphatic rings. The van der Waals surface area contributed by atoms with Crippen LogP contribution in [-0.4, -0.2) is 82.0 Å². The monoisotopic (exact) mass is 717 g/mol. The number of aliphatic hydroxyl groups excluding tert-OH is 1. The summed E-state index contributed by atoms with van der Waals surface area (Å²) in [5.41, 5.74) is 0.780. The summed E-state index contributed by atoms with van der Waals surface area (Å²) in [6.45, 7) is 18.1. The minimum absolute atomic E-state index is 0.0859. The zero-order valence-electron chi connectivity index (χ0n) is 32.1. The Morgan fingerprint density at radius 2 is 1.16 bits per heavy atom. The Morgan fingerprint density at radius 3 is 1.65 bits per heavy atom. The van der Waals surface area contributed by atoms with Crippen molar-refractivity contribution in [2.24, 2.45) is 29.6 Å². The van der Waals surface area contributed by atoms with Gasteiger partial charge in [0, 0.05) is 6.42 Å². The number of rotatable bonds is 22. The Labute approximate surface area is 303 Å². The number of carboxylic acid groups (broad SMARTS) is 1. The van der Waals surface area contributed by atoms with Crippen molar-refractivity contribution in [3.05, 3.63) is 35.9 Å². The quantitative estimate of drug-likeness (QED) is 0.0948. The largest absolute Gasteiger partial charge is 0.480 e. The van der Waals surface area contributed by atoms with Crippen molar-refractivity contribution < 1.29 is 39.0 Å². The Bertz CT molecular complexity index is 1290. The van der Waals surface area contributed by atoms with E-state index >= 15 is 0 Å². The van der Waals surface area contributed by atoms with Crippen LogP contribution in [0.1, 0.15) is 100 Å². The third-order valence-electron chi connectivity index (χ3n) is 8.73. The second kappa shape index (κ2) is 22.0. The van der Waals surface area contributed by atoms with E-state index in [0.717, 1.165) is 5.56 Å². The van der Waals surface area contributed by atoms with Gasteiger partial charge in [-0.3, -0.25) is 24.0 Å². The van der Waals surface area contributed by atoms with Crippen LogP contribution in [0.15, 0.2) is 30.3 Å². The van der Waals surface area contributed by atoms with E-state index < -0.39 is 78.2 Å². The molecule has 0 fully saturated rings. The van der Waals surface area contributed by atoms with Crippen LogP contribution in [0.2, 0.25) is 0 Å². The molecule has 7 atom stereocenters. The van der Waals surface area contributed by atoms with Crippen LogP contribution < -0.4 is 26.6 Å². The van der Waals surface area contributed by atoms with Gasteiger partial charge in [0.05, 0.1) is 18.6 Å². The van der Waals surface area contributed by atoms with Gasteiger partial charge in [-0.05, 0) is 48.0 Å². The average molecular weight is 718 g/mol. The molecule has 0 saturated heterocycles. The number of amides is 5. The predicted octanol–water partition coefficient (Wildman–Crippen LogP) is 2.94. The minimum atomic E-state index is -1.40. The van der Waals surface area contributed by atoms with E-state index in [4.69, 9.17) is 0 Å². The van der Waals surface area contributed by atoms with E-state index in [1.54, 1.807) is 34.6 Å². The van der Waals surface area contributed by atoms with Gasteiger partial charge in [-0.1, -0.05) is 106 Å². The summed E-state index contributed by atoms with van der Waals surface area (Å²) in [5, 5.41) is 34.6. The summed E-state index contributed by atoms with van der Waals surface area (Å²) in [6, 6.07) is 4.05. The molecular formula is C38H63N5O8. The highest BCUT2D eigenvalue weighted by Crippen LogP contribution is 2.15. The molecule has 1 rings (SSSR count). The Morgan fingerprint density at radius 1 is 0.627 bits per heavy atom.